The molecule has 1 amide bonds. The molecule has 0 spiro atoms. The molecule has 0 unspecified atom stereocenters. The molecule has 0 saturated carbocycles. The van der Waals surface area contributed by atoms with Crippen LogP contribution in [0, 0.1) is 13.8 Å². The molecule has 2 aromatic rings. The zero-order valence-corrected chi connectivity index (χ0v) is 15.6. The minimum absolute atomic E-state index is 0.0662. The summed E-state index contributed by atoms with van der Waals surface area (Å²) < 4.78 is 27.9. The van der Waals surface area contributed by atoms with Crippen LogP contribution in [-0.2, 0) is 10.0 Å². The fraction of sp³-hybridized carbons (Fsp3) is 0.316. The van der Waals surface area contributed by atoms with Gasteiger partial charge in [-0.1, -0.05) is 31.5 Å². The van der Waals surface area contributed by atoms with Gasteiger partial charge < -0.3 is 5.32 Å². The first kappa shape index (κ1) is 19.0. The topological polar surface area (TPSA) is 75.3 Å². The number of aryl methyl sites for hydroxylation is 2. The average molecular weight is 360 g/mol. The number of benzene rings is 2. The van der Waals surface area contributed by atoms with Crippen LogP contribution in [0.2, 0.25) is 0 Å². The number of carbonyl (C=O) groups excluding carboxylic acids is 1. The Morgan fingerprint density at radius 2 is 1.84 bits per heavy atom. The number of sulfonamides is 1. The minimum atomic E-state index is -3.76. The van der Waals surface area contributed by atoms with Crippen molar-refractivity contribution < 1.29 is 13.2 Å². The lowest BCUT2D eigenvalue weighted by Gasteiger charge is -2.12. The highest BCUT2D eigenvalue weighted by atomic mass is 32.2. The van der Waals surface area contributed by atoms with Crippen LogP contribution in [-0.4, -0.2) is 20.9 Å². The molecule has 0 aliphatic rings. The van der Waals surface area contributed by atoms with Crippen molar-refractivity contribution in [2.75, 3.05) is 11.3 Å². The molecule has 5 nitrogen and oxygen atoms in total. The van der Waals surface area contributed by atoms with Crippen molar-refractivity contribution in [2.45, 2.75) is 38.5 Å². The number of hydrogen-bond donors (Lipinski definition) is 2. The first-order chi connectivity index (χ1) is 11.8. The van der Waals surface area contributed by atoms with E-state index >= 15 is 0 Å². The van der Waals surface area contributed by atoms with Crippen molar-refractivity contribution in [1.29, 1.82) is 0 Å². The molecule has 0 fully saturated rings. The van der Waals surface area contributed by atoms with E-state index < -0.39 is 10.0 Å². The predicted molar refractivity (Wildman–Crippen MR) is 100 cm³/mol. The molecule has 0 bridgehead atoms. The van der Waals surface area contributed by atoms with E-state index in [0.29, 0.717) is 17.8 Å². The molecular weight excluding hydrogens is 336 g/mol. The lowest BCUT2D eigenvalue weighted by atomic mass is 10.1. The van der Waals surface area contributed by atoms with Gasteiger partial charge in [-0.25, -0.2) is 8.42 Å². The fourth-order valence-corrected chi connectivity index (χ4v) is 3.50. The van der Waals surface area contributed by atoms with Crippen LogP contribution in [0.25, 0.3) is 0 Å². The summed E-state index contributed by atoms with van der Waals surface area (Å²) in [7, 11) is -3.76. The van der Waals surface area contributed by atoms with Crippen LogP contribution in [0.3, 0.4) is 0 Å². The van der Waals surface area contributed by atoms with E-state index in [1.807, 2.05) is 32.9 Å². The van der Waals surface area contributed by atoms with Gasteiger partial charge >= 0.3 is 0 Å². The Kier molecular flexibility index (Phi) is 6.20. The van der Waals surface area contributed by atoms with Crippen LogP contribution >= 0.6 is 0 Å². The molecule has 2 rings (SSSR count). The molecule has 134 valence electrons. The first-order valence-electron chi connectivity index (χ1n) is 8.32. The third-order valence-electron chi connectivity index (χ3n) is 3.86. The van der Waals surface area contributed by atoms with E-state index in [2.05, 4.69) is 10.0 Å². The van der Waals surface area contributed by atoms with Gasteiger partial charge in [-0.2, -0.15) is 0 Å². The van der Waals surface area contributed by atoms with Gasteiger partial charge in [0.1, 0.15) is 0 Å². The molecule has 6 heteroatoms. The lowest BCUT2D eigenvalue weighted by molar-refractivity contribution is 0.0953. The van der Waals surface area contributed by atoms with E-state index in [0.717, 1.165) is 24.0 Å². The normalized spacial score (nSPS) is 11.2. The summed E-state index contributed by atoms with van der Waals surface area (Å²) in [6, 6.07) is 11.6. The summed E-state index contributed by atoms with van der Waals surface area (Å²) in [5.41, 5.74) is 2.67. The largest absolute Gasteiger partial charge is 0.352 e. The third kappa shape index (κ3) is 5.06. The van der Waals surface area contributed by atoms with E-state index in [-0.39, 0.29) is 10.8 Å². The number of carbonyl (C=O) groups is 1. The van der Waals surface area contributed by atoms with Gasteiger partial charge in [0.25, 0.3) is 15.9 Å². The van der Waals surface area contributed by atoms with Crippen molar-refractivity contribution in [3.05, 3.63) is 59.2 Å². The number of rotatable bonds is 7. The molecule has 0 aliphatic heterocycles. The van der Waals surface area contributed by atoms with Crippen molar-refractivity contribution in [3.63, 3.8) is 0 Å². The summed E-state index contributed by atoms with van der Waals surface area (Å²) >= 11 is 0. The molecule has 0 saturated heterocycles. The second kappa shape index (κ2) is 8.16. The lowest BCUT2D eigenvalue weighted by Crippen LogP contribution is -2.24. The van der Waals surface area contributed by atoms with Gasteiger partial charge in [0.15, 0.2) is 0 Å². The Morgan fingerprint density at radius 1 is 1.08 bits per heavy atom. The highest BCUT2D eigenvalue weighted by molar-refractivity contribution is 7.92. The number of amides is 1. The molecule has 2 N–H and O–H groups in total. The summed E-state index contributed by atoms with van der Waals surface area (Å²) in [5, 5.41) is 2.79. The van der Waals surface area contributed by atoms with Gasteiger partial charge in [-0.05, 0) is 55.7 Å². The van der Waals surface area contributed by atoms with Crippen molar-refractivity contribution in [1.82, 2.24) is 5.32 Å². The highest BCUT2D eigenvalue weighted by Crippen LogP contribution is 2.21. The van der Waals surface area contributed by atoms with Crippen LogP contribution in [0.4, 0.5) is 5.69 Å². The average Bonchev–Trinajstić information content (AvgIpc) is 2.58. The van der Waals surface area contributed by atoms with E-state index in [1.54, 1.807) is 18.2 Å². The SMILES string of the molecule is CCCCNC(=O)c1cccc(S(=O)(=O)Nc2cc(C)ccc2C)c1. The number of hydrogen-bond acceptors (Lipinski definition) is 3. The summed E-state index contributed by atoms with van der Waals surface area (Å²) in [6.45, 7) is 6.36. The first-order valence-corrected chi connectivity index (χ1v) is 9.80. The zero-order valence-electron chi connectivity index (χ0n) is 14.8. The van der Waals surface area contributed by atoms with E-state index in [1.165, 1.54) is 12.1 Å². The van der Waals surface area contributed by atoms with Crippen LogP contribution in [0.15, 0.2) is 47.4 Å². The number of anilines is 1. The maximum absolute atomic E-state index is 12.7. The van der Waals surface area contributed by atoms with Crippen LogP contribution in [0.1, 0.15) is 41.3 Å². The second-order valence-corrected chi connectivity index (χ2v) is 7.74. The van der Waals surface area contributed by atoms with Crippen LogP contribution < -0.4 is 10.0 Å². The number of unbranched alkanes of at least 4 members (excludes halogenated alkanes) is 1. The Morgan fingerprint density at radius 3 is 2.56 bits per heavy atom. The van der Waals surface area contributed by atoms with E-state index in [4.69, 9.17) is 0 Å². The summed E-state index contributed by atoms with van der Waals surface area (Å²) in [6.07, 6.45) is 1.87. The Bertz CT molecular complexity index is 861. The van der Waals surface area contributed by atoms with Crippen molar-refractivity contribution in [3.8, 4) is 0 Å². The second-order valence-electron chi connectivity index (χ2n) is 6.06. The van der Waals surface area contributed by atoms with Crippen molar-refractivity contribution in [2.24, 2.45) is 0 Å². The quantitative estimate of drug-likeness (QED) is 0.740. The standard InChI is InChI=1S/C19H24N2O3S/c1-4-5-11-20-19(22)16-7-6-8-17(13-16)25(23,24)21-18-12-14(2)9-10-15(18)3/h6-10,12-13,21H,4-5,11H2,1-3H3,(H,20,22). The highest BCUT2D eigenvalue weighted by Gasteiger charge is 2.17. The van der Waals surface area contributed by atoms with E-state index in [9.17, 15) is 13.2 Å². The Balaban J connectivity index is 2.23. The monoisotopic (exact) mass is 360 g/mol. The molecule has 25 heavy (non-hydrogen) atoms. The zero-order chi connectivity index (χ0) is 18.4. The van der Waals surface area contributed by atoms with Gasteiger partial charge in [0.2, 0.25) is 0 Å². The summed E-state index contributed by atoms with van der Waals surface area (Å²) in [5.74, 6) is -0.266. The fourth-order valence-electron chi connectivity index (χ4n) is 2.33. The van der Waals surface area contributed by atoms with Gasteiger partial charge in [-0.3, -0.25) is 9.52 Å². The molecule has 0 aliphatic carbocycles. The molecule has 0 atom stereocenters. The summed E-state index contributed by atoms with van der Waals surface area (Å²) in [4.78, 5) is 12.2. The Hall–Kier alpha value is -2.34. The van der Waals surface area contributed by atoms with Crippen LogP contribution in [0.5, 0.6) is 0 Å². The molecule has 2 aromatic carbocycles. The van der Waals surface area contributed by atoms with Crippen molar-refractivity contribution >= 4 is 21.6 Å². The third-order valence-corrected chi connectivity index (χ3v) is 5.22. The molecule has 0 aromatic heterocycles. The molecule has 0 radical (unpaired) electrons. The Labute approximate surface area is 149 Å². The number of nitrogens with one attached hydrogen (secondary N) is 2. The van der Waals surface area contributed by atoms with Gasteiger partial charge in [0, 0.05) is 12.1 Å². The maximum atomic E-state index is 12.7. The van der Waals surface area contributed by atoms with Gasteiger partial charge in [0.05, 0.1) is 10.6 Å². The molecular formula is C19H24N2O3S. The minimum Gasteiger partial charge on any atom is -0.352 e. The molecule has 0 heterocycles. The van der Waals surface area contributed by atoms with Gasteiger partial charge in [-0.15, -0.1) is 0 Å². The maximum Gasteiger partial charge on any atom is 0.261 e. The predicted octanol–water partition coefficient (Wildman–Crippen LogP) is 3.63. The smallest absolute Gasteiger partial charge is 0.261 e.